The summed E-state index contributed by atoms with van der Waals surface area (Å²) in [6.45, 7) is 4.06. The monoisotopic (exact) mass is 451 g/mol. The first kappa shape index (κ1) is 22.0. The number of amides is 1. The molecule has 1 aliphatic heterocycles. The van der Waals surface area contributed by atoms with E-state index in [1.165, 1.54) is 0 Å². The molecule has 1 fully saturated rings. The molecule has 0 spiro atoms. The summed E-state index contributed by atoms with van der Waals surface area (Å²) >= 11 is 1.60. The third kappa shape index (κ3) is 5.93. The molecule has 0 radical (unpaired) electrons. The summed E-state index contributed by atoms with van der Waals surface area (Å²) in [5.74, 6) is 1.96. The van der Waals surface area contributed by atoms with Gasteiger partial charge in [0.25, 0.3) is 5.91 Å². The van der Waals surface area contributed by atoms with Crippen molar-refractivity contribution in [3.8, 4) is 22.5 Å². The van der Waals surface area contributed by atoms with E-state index in [9.17, 15) is 4.79 Å². The normalized spacial score (nSPS) is 14.3. The number of aromatic nitrogens is 2. The van der Waals surface area contributed by atoms with Gasteiger partial charge in [-0.3, -0.25) is 9.69 Å². The highest BCUT2D eigenvalue weighted by Gasteiger charge is 2.21. The maximum absolute atomic E-state index is 12.5. The lowest BCUT2D eigenvalue weighted by molar-refractivity contribution is -0.135. The summed E-state index contributed by atoms with van der Waals surface area (Å²) < 4.78 is 11.0. The number of rotatable bonds is 9. The van der Waals surface area contributed by atoms with Gasteiger partial charge in [0.05, 0.1) is 17.4 Å². The average molecular weight is 452 g/mol. The highest BCUT2D eigenvalue weighted by atomic mass is 32.1. The number of carbonyl (C=O) groups excluding carboxylic acids is 1. The topological polar surface area (TPSA) is 95.5 Å². The van der Waals surface area contributed by atoms with Crippen LogP contribution in [0.2, 0.25) is 0 Å². The Morgan fingerprint density at radius 3 is 2.72 bits per heavy atom. The van der Waals surface area contributed by atoms with Crippen molar-refractivity contribution in [1.82, 2.24) is 19.9 Å². The van der Waals surface area contributed by atoms with Crippen LogP contribution >= 0.6 is 11.3 Å². The second kappa shape index (κ2) is 10.9. The zero-order valence-electron chi connectivity index (χ0n) is 17.8. The first-order valence-corrected chi connectivity index (χ1v) is 11.5. The molecule has 1 saturated heterocycles. The molecule has 2 aromatic heterocycles. The van der Waals surface area contributed by atoms with Crippen LogP contribution in [0.4, 0.5) is 0 Å². The van der Waals surface area contributed by atoms with Gasteiger partial charge in [-0.05, 0) is 42.1 Å². The lowest BCUT2D eigenvalue weighted by Gasteiger charge is -2.34. The number of benzene rings is 1. The first-order valence-electron chi connectivity index (χ1n) is 10.7. The molecule has 0 N–H and O–H groups in total. The standard InChI is InChI=1S/C23H25N5O3S/c24-10-9-18-5-7-19(8-6-18)30-17-22(29)28-14-12-27(13-15-28)11-1-4-21-25-23(26-31-21)20-3-2-16-32-20/h2-3,5-8,16H,1,4,9,11-15,17H2. The SMILES string of the molecule is N#CCc1ccc(OCC(=O)N2CCN(CCCc3nc(-c4cccs4)no3)CC2)cc1. The molecule has 1 amide bonds. The van der Waals surface area contributed by atoms with Crippen molar-refractivity contribution in [2.24, 2.45) is 0 Å². The fourth-order valence-electron chi connectivity index (χ4n) is 3.57. The van der Waals surface area contributed by atoms with E-state index < -0.39 is 0 Å². The second-order valence-electron chi connectivity index (χ2n) is 7.58. The zero-order valence-corrected chi connectivity index (χ0v) is 18.6. The van der Waals surface area contributed by atoms with Crippen LogP contribution in [0.25, 0.3) is 10.7 Å². The minimum absolute atomic E-state index is 0.00211. The first-order chi connectivity index (χ1) is 15.7. The maximum Gasteiger partial charge on any atom is 0.260 e. The fraction of sp³-hybridized carbons (Fsp3) is 0.391. The Labute approximate surface area is 191 Å². The van der Waals surface area contributed by atoms with Gasteiger partial charge in [-0.25, -0.2) is 0 Å². The summed E-state index contributed by atoms with van der Waals surface area (Å²) in [5, 5.41) is 14.8. The van der Waals surface area contributed by atoms with Gasteiger partial charge in [0.1, 0.15) is 5.75 Å². The van der Waals surface area contributed by atoms with Crippen LogP contribution in [0.3, 0.4) is 0 Å². The second-order valence-corrected chi connectivity index (χ2v) is 8.53. The summed E-state index contributed by atoms with van der Waals surface area (Å²) in [4.78, 5) is 22.1. The number of nitriles is 1. The third-order valence-electron chi connectivity index (χ3n) is 5.37. The molecule has 0 aliphatic carbocycles. The molecule has 1 aromatic carbocycles. The van der Waals surface area contributed by atoms with Crippen molar-refractivity contribution in [2.75, 3.05) is 39.3 Å². The van der Waals surface area contributed by atoms with Crippen molar-refractivity contribution in [3.05, 3.63) is 53.2 Å². The number of carbonyl (C=O) groups is 1. The summed E-state index contributed by atoms with van der Waals surface area (Å²) in [7, 11) is 0. The highest BCUT2D eigenvalue weighted by Crippen LogP contribution is 2.21. The molecule has 1 aliphatic rings. The molecule has 0 saturated carbocycles. The van der Waals surface area contributed by atoms with Gasteiger partial charge >= 0.3 is 0 Å². The molecule has 0 atom stereocenters. The molecule has 3 aromatic rings. The number of piperazine rings is 1. The van der Waals surface area contributed by atoms with Crippen molar-refractivity contribution < 1.29 is 14.1 Å². The molecule has 32 heavy (non-hydrogen) atoms. The maximum atomic E-state index is 12.5. The number of hydrogen-bond acceptors (Lipinski definition) is 8. The number of thiophene rings is 1. The van der Waals surface area contributed by atoms with Gasteiger partial charge in [-0.2, -0.15) is 10.2 Å². The minimum atomic E-state index is -0.00211. The highest BCUT2D eigenvalue weighted by molar-refractivity contribution is 7.13. The molecule has 9 heteroatoms. The quantitative estimate of drug-likeness (QED) is 0.493. The van der Waals surface area contributed by atoms with Crippen molar-refractivity contribution >= 4 is 17.2 Å². The van der Waals surface area contributed by atoms with Crippen LogP contribution in [-0.4, -0.2) is 65.2 Å². The molecule has 8 nitrogen and oxygen atoms in total. The van der Waals surface area contributed by atoms with Crippen molar-refractivity contribution in [3.63, 3.8) is 0 Å². The van der Waals surface area contributed by atoms with E-state index in [0.29, 0.717) is 37.0 Å². The Kier molecular flexibility index (Phi) is 7.48. The van der Waals surface area contributed by atoms with Crippen LogP contribution in [0.5, 0.6) is 5.75 Å². The summed E-state index contributed by atoms with van der Waals surface area (Å²) in [5.41, 5.74) is 0.935. The van der Waals surface area contributed by atoms with E-state index in [0.717, 1.165) is 42.9 Å². The van der Waals surface area contributed by atoms with E-state index in [4.69, 9.17) is 14.5 Å². The van der Waals surface area contributed by atoms with E-state index in [1.807, 2.05) is 34.5 Å². The van der Waals surface area contributed by atoms with Crippen LogP contribution in [0.15, 0.2) is 46.3 Å². The molecule has 0 unspecified atom stereocenters. The van der Waals surface area contributed by atoms with E-state index in [2.05, 4.69) is 21.1 Å². The lowest BCUT2D eigenvalue weighted by atomic mass is 10.2. The van der Waals surface area contributed by atoms with Gasteiger partial charge in [0.15, 0.2) is 6.61 Å². The largest absolute Gasteiger partial charge is 0.484 e. The predicted molar refractivity (Wildman–Crippen MR) is 120 cm³/mol. The minimum Gasteiger partial charge on any atom is -0.484 e. The number of aryl methyl sites for hydroxylation is 1. The van der Waals surface area contributed by atoms with Crippen LogP contribution in [0, 0.1) is 11.3 Å². The van der Waals surface area contributed by atoms with Crippen molar-refractivity contribution in [2.45, 2.75) is 19.3 Å². The molecule has 4 rings (SSSR count). The smallest absolute Gasteiger partial charge is 0.260 e. The van der Waals surface area contributed by atoms with E-state index in [-0.39, 0.29) is 12.5 Å². The van der Waals surface area contributed by atoms with Crippen LogP contribution in [-0.2, 0) is 17.6 Å². The van der Waals surface area contributed by atoms with Gasteiger partial charge in [0.2, 0.25) is 11.7 Å². The lowest BCUT2D eigenvalue weighted by Crippen LogP contribution is -2.50. The fourth-order valence-corrected chi connectivity index (χ4v) is 4.22. The van der Waals surface area contributed by atoms with Gasteiger partial charge in [-0.1, -0.05) is 23.4 Å². The Hall–Kier alpha value is -3.22. The summed E-state index contributed by atoms with van der Waals surface area (Å²) in [6.07, 6.45) is 2.05. The zero-order chi connectivity index (χ0) is 22.2. The van der Waals surface area contributed by atoms with Crippen molar-refractivity contribution in [1.29, 1.82) is 5.26 Å². The predicted octanol–water partition coefficient (Wildman–Crippen LogP) is 3.02. The molecular weight excluding hydrogens is 426 g/mol. The Morgan fingerprint density at radius 1 is 1.19 bits per heavy atom. The number of ether oxygens (including phenoxy) is 1. The number of nitrogens with zero attached hydrogens (tertiary/aromatic N) is 5. The molecule has 166 valence electrons. The van der Waals surface area contributed by atoms with Crippen LogP contribution < -0.4 is 4.74 Å². The summed E-state index contributed by atoms with van der Waals surface area (Å²) in [6, 6.07) is 13.4. The van der Waals surface area contributed by atoms with Gasteiger partial charge in [-0.15, -0.1) is 11.3 Å². The Morgan fingerprint density at radius 2 is 2.00 bits per heavy atom. The molecular formula is C23H25N5O3S. The molecule has 3 heterocycles. The van der Waals surface area contributed by atoms with Gasteiger partial charge in [0, 0.05) is 32.6 Å². The third-order valence-corrected chi connectivity index (χ3v) is 6.23. The van der Waals surface area contributed by atoms with E-state index in [1.54, 1.807) is 23.5 Å². The molecule has 0 bridgehead atoms. The van der Waals surface area contributed by atoms with Crippen LogP contribution in [0.1, 0.15) is 17.9 Å². The van der Waals surface area contributed by atoms with E-state index >= 15 is 0 Å². The average Bonchev–Trinajstić information content (AvgIpc) is 3.51. The Balaban J connectivity index is 1.13. The Bertz CT molecular complexity index is 1030. The number of hydrogen-bond donors (Lipinski definition) is 0. The van der Waals surface area contributed by atoms with Gasteiger partial charge < -0.3 is 14.2 Å².